The number of aromatic nitrogens is 1. The molecule has 5 nitrogen and oxygen atoms in total. The van der Waals surface area contributed by atoms with Crippen molar-refractivity contribution < 1.29 is 9.21 Å². The highest BCUT2D eigenvalue weighted by Crippen LogP contribution is 2.31. The van der Waals surface area contributed by atoms with Crippen LogP contribution in [0.3, 0.4) is 0 Å². The number of oxazole rings is 1. The Labute approximate surface area is 147 Å². The first-order valence-electron chi connectivity index (χ1n) is 8.54. The Morgan fingerprint density at radius 1 is 1.42 bits per heavy atom. The number of benzene rings is 1. The molecule has 0 radical (unpaired) electrons. The number of piperidine rings is 1. The third-order valence-electron chi connectivity index (χ3n) is 4.56. The van der Waals surface area contributed by atoms with Crippen molar-refractivity contribution in [3.05, 3.63) is 29.1 Å². The Bertz CT molecular complexity index is 720. The van der Waals surface area contributed by atoms with E-state index in [0.29, 0.717) is 24.0 Å². The summed E-state index contributed by atoms with van der Waals surface area (Å²) in [6, 6.07) is 5.06. The molecule has 1 amide bonds. The van der Waals surface area contributed by atoms with Gasteiger partial charge in [-0.2, -0.15) is 0 Å². The Morgan fingerprint density at radius 3 is 2.79 bits per heavy atom. The van der Waals surface area contributed by atoms with Crippen LogP contribution < -0.4 is 5.73 Å². The van der Waals surface area contributed by atoms with Crippen molar-refractivity contribution in [1.29, 1.82) is 0 Å². The van der Waals surface area contributed by atoms with E-state index in [1.54, 1.807) is 6.07 Å². The van der Waals surface area contributed by atoms with Crippen LogP contribution in [0.5, 0.6) is 0 Å². The third-order valence-corrected chi connectivity index (χ3v) is 4.80. The summed E-state index contributed by atoms with van der Waals surface area (Å²) in [5.41, 5.74) is 7.57. The van der Waals surface area contributed by atoms with Crippen LogP contribution in [0.4, 0.5) is 0 Å². The van der Waals surface area contributed by atoms with Crippen LogP contribution in [0.1, 0.15) is 44.9 Å². The Kier molecular flexibility index (Phi) is 5.11. The van der Waals surface area contributed by atoms with Gasteiger partial charge in [0.2, 0.25) is 5.91 Å². The number of rotatable bonds is 4. The van der Waals surface area contributed by atoms with E-state index in [1.165, 1.54) is 0 Å². The predicted molar refractivity (Wildman–Crippen MR) is 95.0 cm³/mol. The second-order valence-electron chi connectivity index (χ2n) is 7.00. The summed E-state index contributed by atoms with van der Waals surface area (Å²) in [7, 11) is 0. The molecule has 1 aliphatic heterocycles. The highest BCUT2D eigenvalue weighted by molar-refractivity contribution is 6.31. The molecule has 2 N–H and O–H groups in total. The van der Waals surface area contributed by atoms with Gasteiger partial charge < -0.3 is 15.1 Å². The number of hydrogen-bond donors (Lipinski definition) is 1. The maximum Gasteiger partial charge on any atom is 0.239 e. The average molecular weight is 350 g/mol. The normalized spacial score (nSPS) is 17.6. The van der Waals surface area contributed by atoms with Gasteiger partial charge in [0, 0.05) is 24.0 Å². The lowest BCUT2D eigenvalue weighted by atomic mass is 9.95. The zero-order valence-electron chi connectivity index (χ0n) is 14.2. The van der Waals surface area contributed by atoms with E-state index in [9.17, 15) is 4.79 Å². The fourth-order valence-electron chi connectivity index (χ4n) is 3.28. The molecule has 1 fully saturated rings. The van der Waals surface area contributed by atoms with Crippen molar-refractivity contribution in [3.8, 4) is 0 Å². The second-order valence-corrected chi connectivity index (χ2v) is 7.44. The topological polar surface area (TPSA) is 72.4 Å². The van der Waals surface area contributed by atoms with E-state index in [0.717, 1.165) is 36.3 Å². The van der Waals surface area contributed by atoms with E-state index in [1.807, 2.05) is 17.0 Å². The summed E-state index contributed by atoms with van der Waals surface area (Å²) in [5.74, 6) is 1.46. The Balaban J connectivity index is 1.62. The third kappa shape index (κ3) is 3.73. The van der Waals surface area contributed by atoms with Crippen LogP contribution in [-0.2, 0) is 4.79 Å². The molecule has 1 aliphatic rings. The minimum Gasteiger partial charge on any atom is -0.440 e. The minimum atomic E-state index is -0.395. The summed E-state index contributed by atoms with van der Waals surface area (Å²) in [6.07, 6.45) is 2.42. The lowest BCUT2D eigenvalue weighted by Crippen LogP contribution is -2.47. The molecule has 3 rings (SSSR count). The summed E-state index contributed by atoms with van der Waals surface area (Å²) in [5, 5.41) is 0.655. The van der Waals surface area contributed by atoms with Gasteiger partial charge in [0.05, 0.1) is 6.04 Å². The van der Waals surface area contributed by atoms with Gasteiger partial charge in [-0.05, 0) is 43.4 Å². The summed E-state index contributed by atoms with van der Waals surface area (Å²) in [4.78, 5) is 18.8. The number of nitrogens with two attached hydrogens (primary N) is 1. The van der Waals surface area contributed by atoms with Gasteiger partial charge >= 0.3 is 0 Å². The molecule has 0 spiro atoms. The van der Waals surface area contributed by atoms with E-state index >= 15 is 0 Å². The van der Waals surface area contributed by atoms with Crippen LogP contribution in [0, 0.1) is 5.92 Å². The quantitative estimate of drug-likeness (QED) is 0.916. The standard InChI is InChI=1S/C18H24ClN3O2/c1-11(2)9-14(20)18(23)22-7-5-12(6-8-22)17-21-15-10-13(19)3-4-16(15)24-17/h3-4,10-12,14H,5-9,20H2,1-2H3/t14-/m0/s1. The molecule has 2 aromatic rings. The number of hydrogen-bond acceptors (Lipinski definition) is 4. The molecule has 130 valence electrons. The molecule has 0 unspecified atom stereocenters. The first-order chi connectivity index (χ1) is 11.4. The smallest absolute Gasteiger partial charge is 0.239 e. The number of amides is 1. The monoisotopic (exact) mass is 349 g/mol. The van der Waals surface area contributed by atoms with Gasteiger partial charge in [-0.1, -0.05) is 25.4 Å². The van der Waals surface area contributed by atoms with Crippen molar-refractivity contribution in [2.45, 2.75) is 45.1 Å². The lowest BCUT2D eigenvalue weighted by Gasteiger charge is -2.32. The van der Waals surface area contributed by atoms with Crippen LogP contribution in [0.15, 0.2) is 22.6 Å². The highest BCUT2D eigenvalue weighted by Gasteiger charge is 2.29. The van der Waals surface area contributed by atoms with Gasteiger partial charge in [-0.25, -0.2) is 4.98 Å². The molecule has 0 bridgehead atoms. The SMILES string of the molecule is CC(C)C[C@H](N)C(=O)N1CCC(c2nc3cc(Cl)ccc3o2)CC1. The number of halogens is 1. The maximum atomic E-state index is 12.4. The molecule has 1 atom stereocenters. The maximum absolute atomic E-state index is 12.4. The van der Waals surface area contributed by atoms with E-state index in [4.69, 9.17) is 21.8 Å². The number of carbonyl (C=O) groups is 1. The van der Waals surface area contributed by atoms with Crippen molar-refractivity contribution >= 4 is 28.6 Å². The molecular formula is C18H24ClN3O2. The van der Waals surface area contributed by atoms with Gasteiger partial charge in [0.25, 0.3) is 0 Å². The summed E-state index contributed by atoms with van der Waals surface area (Å²) < 4.78 is 5.86. The molecular weight excluding hydrogens is 326 g/mol. The van der Waals surface area contributed by atoms with Gasteiger partial charge in [0.15, 0.2) is 11.5 Å². The predicted octanol–water partition coefficient (Wildman–Crippen LogP) is 3.56. The van der Waals surface area contributed by atoms with Crippen LogP contribution in [0.2, 0.25) is 5.02 Å². The molecule has 1 aromatic carbocycles. The Morgan fingerprint density at radius 2 is 2.12 bits per heavy atom. The molecule has 1 aromatic heterocycles. The van der Waals surface area contributed by atoms with Crippen LogP contribution >= 0.6 is 11.6 Å². The van der Waals surface area contributed by atoms with E-state index < -0.39 is 6.04 Å². The van der Waals surface area contributed by atoms with Crippen LogP contribution in [0.25, 0.3) is 11.1 Å². The molecule has 0 saturated carbocycles. The van der Waals surface area contributed by atoms with E-state index in [-0.39, 0.29) is 11.8 Å². The number of fused-ring (bicyclic) bond motifs is 1. The van der Waals surface area contributed by atoms with Gasteiger partial charge in [-0.3, -0.25) is 4.79 Å². The zero-order valence-corrected chi connectivity index (χ0v) is 14.9. The Hall–Kier alpha value is -1.59. The largest absolute Gasteiger partial charge is 0.440 e. The molecule has 1 saturated heterocycles. The van der Waals surface area contributed by atoms with Crippen molar-refractivity contribution in [2.75, 3.05) is 13.1 Å². The average Bonchev–Trinajstić information content (AvgIpc) is 2.96. The van der Waals surface area contributed by atoms with Crippen molar-refractivity contribution in [1.82, 2.24) is 9.88 Å². The second kappa shape index (κ2) is 7.11. The van der Waals surface area contributed by atoms with Crippen molar-refractivity contribution in [3.63, 3.8) is 0 Å². The minimum absolute atomic E-state index is 0.0616. The molecule has 2 heterocycles. The van der Waals surface area contributed by atoms with Gasteiger partial charge in [0.1, 0.15) is 5.52 Å². The zero-order chi connectivity index (χ0) is 17.3. The molecule has 0 aliphatic carbocycles. The van der Waals surface area contributed by atoms with Crippen LogP contribution in [-0.4, -0.2) is 34.9 Å². The lowest BCUT2D eigenvalue weighted by molar-refractivity contribution is -0.134. The number of carbonyl (C=O) groups excluding carboxylic acids is 1. The fourth-order valence-corrected chi connectivity index (χ4v) is 3.45. The number of likely N-dealkylation sites (tertiary alicyclic amines) is 1. The summed E-state index contributed by atoms with van der Waals surface area (Å²) >= 11 is 6.00. The number of nitrogens with zero attached hydrogens (tertiary/aromatic N) is 2. The van der Waals surface area contributed by atoms with Crippen molar-refractivity contribution in [2.24, 2.45) is 11.7 Å². The first kappa shape index (κ1) is 17.2. The highest BCUT2D eigenvalue weighted by atomic mass is 35.5. The molecule has 6 heteroatoms. The summed E-state index contributed by atoms with van der Waals surface area (Å²) in [6.45, 7) is 5.57. The fraction of sp³-hybridized carbons (Fsp3) is 0.556. The van der Waals surface area contributed by atoms with Gasteiger partial charge in [-0.15, -0.1) is 0 Å². The first-order valence-corrected chi connectivity index (χ1v) is 8.92. The van der Waals surface area contributed by atoms with E-state index in [2.05, 4.69) is 18.8 Å². The molecule has 24 heavy (non-hydrogen) atoms.